The molecule has 2 aromatic heterocycles. The third-order valence-electron chi connectivity index (χ3n) is 4.11. The Bertz CT molecular complexity index is 1090. The first-order valence-corrected chi connectivity index (χ1v) is 8.90. The van der Waals surface area contributed by atoms with Crippen LogP contribution in [0.2, 0.25) is 10.0 Å². The summed E-state index contributed by atoms with van der Waals surface area (Å²) in [5.41, 5.74) is 3.88. The number of hydrogen-bond donors (Lipinski definition) is 2. The van der Waals surface area contributed by atoms with Gasteiger partial charge in [-0.3, -0.25) is 0 Å². The Balaban J connectivity index is 1.56. The minimum atomic E-state index is -0.153. The number of fused-ring (bicyclic) bond motifs is 1. The summed E-state index contributed by atoms with van der Waals surface area (Å²) in [6.07, 6.45) is 0. The summed E-state index contributed by atoms with van der Waals surface area (Å²) in [7, 11) is 0. The second kappa shape index (κ2) is 6.67. The van der Waals surface area contributed by atoms with Crippen molar-refractivity contribution in [3.63, 3.8) is 0 Å². The molecule has 4 rings (SSSR count). The molecule has 0 saturated carbocycles. The zero-order valence-electron chi connectivity index (χ0n) is 14.2. The molecule has 0 unspecified atom stereocenters. The van der Waals surface area contributed by atoms with Crippen LogP contribution in [0.15, 0.2) is 46.9 Å². The van der Waals surface area contributed by atoms with Crippen molar-refractivity contribution in [1.29, 1.82) is 0 Å². The molecule has 0 amide bonds. The Morgan fingerprint density at radius 1 is 1.08 bits per heavy atom. The molecule has 0 aliphatic heterocycles. The summed E-state index contributed by atoms with van der Waals surface area (Å²) in [4.78, 5) is 3.31. The lowest BCUT2D eigenvalue weighted by Crippen LogP contribution is -2.06. The first-order valence-electron chi connectivity index (χ1n) is 8.14. The zero-order chi connectivity index (χ0) is 18.3. The molecule has 0 spiro atoms. The van der Waals surface area contributed by atoms with Gasteiger partial charge in [0.15, 0.2) is 0 Å². The van der Waals surface area contributed by atoms with E-state index in [0.29, 0.717) is 27.4 Å². The Kier molecular flexibility index (Phi) is 4.34. The molecule has 2 aromatic carbocycles. The Hall–Kier alpha value is -2.50. The molecule has 2 N–H and O–H groups in total. The van der Waals surface area contributed by atoms with E-state index in [1.54, 1.807) is 18.2 Å². The van der Waals surface area contributed by atoms with Crippen molar-refractivity contribution in [2.45, 2.75) is 19.9 Å². The van der Waals surface area contributed by atoms with Crippen LogP contribution >= 0.6 is 23.2 Å². The van der Waals surface area contributed by atoms with Gasteiger partial charge in [-0.05, 0) is 56.3 Å². The van der Waals surface area contributed by atoms with Gasteiger partial charge in [0.25, 0.3) is 0 Å². The van der Waals surface area contributed by atoms with E-state index < -0.39 is 0 Å². The van der Waals surface area contributed by atoms with Crippen molar-refractivity contribution in [1.82, 2.24) is 15.2 Å². The van der Waals surface area contributed by atoms with Crippen molar-refractivity contribution >= 4 is 39.8 Å². The van der Waals surface area contributed by atoms with Gasteiger partial charge in [0.1, 0.15) is 6.04 Å². The summed E-state index contributed by atoms with van der Waals surface area (Å²) < 4.78 is 5.80. The van der Waals surface area contributed by atoms with Crippen LogP contribution < -0.4 is 5.32 Å². The van der Waals surface area contributed by atoms with Gasteiger partial charge in [-0.15, -0.1) is 10.2 Å². The van der Waals surface area contributed by atoms with E-state index in [4.69, 9.17) is 27.6 Å². The SMILES string of the molecule is Cc1cc2cc(N[C@@H](C)c3nnc(-c4ccc(Cl)cc4Cl)o3)ccc2[nH]1. The fourth-order valence-corrected chi connectivity index (χ4v) is 3.35. The lowest BCUT2D eigenvalue weighted by Gasteiger charge is -2.11. The van der Waals surface area contributed by atoms with Crippen LogP contribution in [0.5, 0.6) is 0 Å². The van der Waals surface area contributed by atoms with E-state index >= 15 is 0 Å². The smallest absolute Gasteiger partial charge is 0.249 e. The minimum absolute atomic E-state index is 0.153. The second-order valence-corrected chi connectivity index (χ2v) is 7.03. The van der Waals surface area contributed by atoms with Crippen molar-refractivity contribution < 1.29 is 4.42 Å². The third-order valence-corrected chi connectivity index (χ3v) is 4.66. The fourth-order valence-electron chi connectivity index (χ4n) is 2.86. The van der Waals surface area contributed by atoms with Crippen LogP contribution in [-0.4, -0.2) is 15.2 Å². The Morgan fingerprint density at radius 3 is 2.73 bits per heavy atom. The van der Waals surface area contributed by atoms with E-state index in [9.17, 15) is 0 Å². The summed E-state index contributed by atoms with van der Waals surface area (Å²) in [5.74, 6) is 0.850. The lowest BCUT2D eigenvalue weighted by molar-refractivity contribution is 0.485. The molecule has 2 heterocycles. The second-order valence-electron chi connectivity index (χ2n) is 6.19. The van der Waals surface area contributed by atoms with Crippen molar-refractivity contribution in [2.24, 2.45) is 0 Å². The van der Waals surface area contributed by atoms with E-state index in [2.05, 4.69) is 32.6 Å². The van der Waals surface area contributed by atoms with Crippen LogP contribution in [0, 0.1) is 6.92 Å². The average Bonchev–Trinajstić information content (AvgIpc) is 3.20. The summed E-state index contributed by atoms with van der Waals surface area (Å²) in [5, 5.41) is 13.8. The van der Waals surface area contributed by atoms with Crippen LogP contribution in [-0.2, 0) is 0 Å². The van der Waals surface area contributed by atoms with E-state index in [0.717, 1.165) is 22.3 Å². The molecule has 0 radical (unpaired) electrons. The predicted molar refractivity (Wildman–Crippen MR) is 105 cm³/mol. The molecule has 26 heavy (non-hydrogen) atoms. The molecule has 0 saturated heterocycles. The lowest BCUT2D eigenvalue weighted by atomic mass is 10.2. The largest absolute Gasteiger partial charge is 0.418 e. The highest BCUT2D eigenvalue weighted by molar-refractivity contribution is 6.36. The maximum atomic E-state index is 6.21. The van der Waals surface area contributed by atoms with Gasteiger partial charge in [0.05, 0.1) is 10.6 Å². The highest BCUT2D eigenvalue weighted by atomic mass is 35.5. The van der Waals surface area contributed by atoms with Gasteiger partial charge in [-0.25, -0.2) is 0 Å². The highest BCUT2D eigenvalue weighted by Crippen LogP contribution is 2.31. The number of nitrogens with one attached hydrogen (secondary N) is 2. The highest BCUT2D eigenvalue weighted by Gasteiger charge is 2.17. The molecule has 5 nitrogen and oxygen atoms in total. The molecule has 0 aliphatic carbocycles. The Labute approximate surface area is 160 Å². The molecule has 1 atom stereocenters. The van der Waals surface area contributed by atoms with Gasteiger partial charge in [0, 0.05) is 27.3 Å². The van der Waals surface area contributed by atoms with Gasteiger partial charge >= 0.3 is 0 Å². The fraction of sp³-hybridized carbons (Fsp3) is 0.158. The van der Waals surface area contributed by atoms with E-state index in [1.807, 2.05) is 26.0 Å². The van der Waals surface area contributed by atoms with Crippen molar-refractivity contribution in [3.8, 4) is 11.5 Å². The normalized spacial score (nSPS) is 12.5. The molecule has 7 heteroatoms. The van der Waals surface area contributed by atoms with Crippen LogP contribution in [0.3, 0.4) is 0 Å². The number of aromatic amines is 1. The van der Waals surface area contributed by atoms with Gasteiger partial charge in [0.2, 0.25) is 11.8 Å². The van der Waals surface area contributed by atoms with Crippen molar-refractivity contribution in [2.75, 3.05) is 5.32 Å². The molecule has 0 fully saturated rings. The third kappa shape index (κ3) is 3.28. The summed E-state index contributed by atoms with van der Waals surface area (Å²) in [6.45, 7) is 4.00. The van der Waals surface area contributed by atoms with E-state index in [-0.39, 0.29) is 6.04 Å². The zero-order valence-corrected chi connectivity index (χ0v) is 15.7. The van der Waals surface area contributed by atoms with E-state index in [1.165, 1.54) is 0 Å². The molecule has 0 aliphatic rings. The number of benzene rings is 2. The van der Waals surface area contributed by atoms with Gasteiger partial charge in [-0.2, -0.15) is 0 Å². The maximum Gasteiger partial charge on any atom is 0.249 e. The monoisotopic (exact) mass is 386 g/mol. The molecular formula is C19H16Cl2N4O. The number of rotatable bonds is 4. The number of hydrogen-bond acceptors (Lipinski definition) is 4. The first-order chi connectivity index (χ1) is 12.5. The number of anilines is 1. The number of aromatic nitrogens is 3. The summed E-state index contributed by atoms with van der Waals surface area (Å²) >= 11 is 12.1. The summed E-state index contributed by atoms with van der Waals surface area (Å²) in [6, 6.07) is 13.3. The minimum Gasteiger partial charge on any atom is -0.418 e. The molecule has 132 valence electrons. The quantitative estimate of drug-likeness (QED) is 0.450. The molecule has 0 bridgehead atoms. The number of H-pyrrole nitrogens is 1. The first kappa shape index (κ1) is 16.9. The number of halogens is 2. The van der Waals surface area contributed by atoms with Gasteiger partial charge in [-0.1, -0.05) is 23.2 Å². The maximum absolute atomic E-state index is 6.21. The number of nitrogens with zero attached hydrogens (tertiary/aromatic N) is 2. The Morgan fingerprint density at radius 2 is 1.92 bits per heavy atom. The molecular weight excluding hydrogens is 371 g/mol. The topological polar surface area (TPSA) is 66.7 Å². The van der Waals surface area contributed by atoms with Crippen molar-refractivity contribution in [3.05, 3.63) is 64.1 Å². The van der Waals surface area contributed by atoms with Crippen LogP contribution in [0.1, 0.15) is 24.6 Å². The standard InChI is InChI=1S/C19H16Cl2N4O/c1-10-7-12-8-14(4-6-17(12)22-10)23-11(2)18-24-25-19(26-18)15-5-3-13(20)9-16(15)21/h3-9,11,22-23H,1-2H3/t11-/m0/s1. The average molecular weight is 387 g/mol. The number of aryl methyl sites for hydroxylation is 1. The van der Waals surface area contributed by atoms with Crippen LogP contribution in [0.4, 0.5) is 5.69 Å². The molecule has 4 aromatic rings. The van der Waals surface area contributed by atoms with Crippen LogP contribution in [0.25, 0.3) is 22.4 Å². The van der Waals surface area contributed by atoms with Gasteiger partial charge < -0.3 is 14.7 Å². The predicted octanol–water partition coefficient (Wildman–Crippen LogP) is 6.01.